The molecule has 0 spiro atoms. The molecule has 1 unspecified atom stereocenters. The van der Waals surface area contributed by atoms with Gasteiger partial charge in [0.15, 0.2) is 5.13 Å². The van der Waals surface area contributed by atoms with Crippen molar-refractivity contribution < 1.29 is 23.9 Å². The van der Waals surface area contributed by atoms with Gasteiger partial charge in [0, 0.05) is 30.9 Å². The van der Waals surface area contributed by atoms with Crippen LogP contribution < -0.4 is 5.32 Å². The second-order valence-electron chi connectivity index (χ2n) is 10.8. The minimum atomic E-state index is -0.612. The molecule has 1 fully saturated rings. The molecule has 1 saturated carbocycles. The normalized spacial score (nSPS) is 14.3. The highest BCUT2D eigenvalue weighted by atomic mass is 32.1. The standard InChI is InChI=1S/C28H31N5O5S/c1-16(15-32(5)26(35)38-28(2,3)4)37-27(36)33-11-10-20-22(33)12-19(14-29-20)18-8-9-21-23(13-18)39-25(30-21)31-24(34)17-6-7-17/h8-14,16-17H,6-7,15H2,1-5H3,(H,30,31,34). The number of fused-ring (bicyclic) bond motifs is 2. The molecule has 1 N–H and O–H groups in total. The summed E-state index contributed by atoms with van der Waals surface area (Å²) in [5.41, 5.74) is 3.19. The summed E-state index contributed by atoms with van der Waals surface area (Å²) in [6.45, 7) is 7.29. The van der Waals surface area contributed by atoms with E-state index in [-0.39, 0.29) is 18.4 Å². The molecule has 10 nitrogen and oxygen atoms in total. The van der Waals surface area contributed by atoms with E-state index in [1.807, 2.05) is 24.3 Å². The smallest absolute Gasteiger partial charge is 0.418 e. The van der Waals surface area contributed by atoms with Crippen LogP contribution >= 0.6 is 11.3 Å². The lowest BCUT2D eigenvalue weighted by molar-refractivity contribution is -0.117. The fourth-order valence-electron chi connectivity index (χ4n) is 4.10. The van der Waals surface area contributed by atoms with Crippen molar-refractivity contribution in [1.29, 1.82) is 0 Å². The first-order valence-electron chi connectivity index (χ1n) is 12.8. The summed E-state index contributed by atoms with van der Waals surface area (Å²) < 4.78 is 13.3. The van der Waals surface area contributed by atoms with Gasteiger partial charge < -0.3 is 19.7 Å². The first-order valence-corrected chi connectivity index (χ1v) is 13.6. The number of thiazole rings is 1. The van der Waals surface area contributed by atoms with Crippen LogP contribution in [0.15, 0.2) is 42.7 Å². The monoisotopic (exact) mass is 549 g/mol. The molecule has 204 valence electrons. The number of benzene rings is 1. The Bertz CT molecular complexity index is 1570. The fourth-order valence-corrected chi connectivity index (χ4v) is 5.01. The number of pyridine rings is 1. The quantitative estimate of drug-likeness (QED) is 0.318. The summed E-state index contributed by atoms with van der Waals surface area (Å²) in [5, 5.41) is 3.50. The Hall–Kier alpha value is -3.99. The Balaban J connectivity index is 1.31. The molecule has 1 aliphatic carbocycles. The molecule has 4 aromatic rings. The van der Waals surface area contributed by atoms with Crippen LogP contribution in [0.25, 0.3) is 32.4 Å². The van der Waals surface area contributed by atoms with Crippen molar-refractivity contribution in [3.8, 4) is 11.1 Å². The van der Waals surface area contributed by atoms with Crippen molar-refractivity contribution in [3.63, 3.8) is 0 Å². The van der Waals surface area contributed by atoms with Crippen molar-refractivity contribution >= 4 is 55.8 Å². The van der Waals surface area contributed by atoms with Gasteiger partial charge in [0.25, 0.3) is 0 Å². The first kappa shape index (κ1) is 26.6. The lowest BCUT2D eigenvalue weighted by Gasteiger charge is -2.26. The molecule has 1 aliphatic rings. The third kappa shape index (κ3) is 6.19. The maximum Gasteiger partial charge on any atom is 0.418 e. The van der Waals surface area contributed by atoms with Crippen LogP contribution in [-0.4, -0.2) is 62.8 Å². The predicted molar refractivity (Wildman–Crippen MR) is 150 cm³/mol. The minimum absolute atomic E-state index is 0.0300. The molecule has 0 bridgehead atoms. The lowest BCUT2D eigenvalue weighted by atomic mass is 10.1. The number of aromatic nitrogens is 3. The van der Waals surface area contributed by atoms with Gasteiger partial charge in [0.05, 0.1) is 27.8 Å². The van der Waals surface area contributed by atoms with Gasteiger partial charge in [-0.25, -0.2) is 14.6 Å². The van der Waals surface area contributed by atoms with E-state index in [0.29, 0.717) is 16.2 Å². The zero-order chi connectivity index (χ0) is 27.9. The molecule has 5 rings (SSSR count). The highest BCUT2D eigenvalue weighted by Gasteiger charge is 2.30. The number of rotatable bonds is 6. The third-order valence-electron chi connectivity index (χ3n) is 6.17. The number of amides is 2. The van der Waals surface area contributed by atoms with Crippen molar-refractivity contribution in [2.24, 2.45) is 5.92 Å². The van der Waals surface area contributed by atoms with E-state index < -0.39 is 23.9 Å². The van der Waals surface area contributed by atoms with E-state index in [4.69, 9.17) is 9.47 Å². The molecular formula is C28H31N5O5S. The van der Waals surface area contributed by atoms with Crippen LogP contribution in [0.4, 0.5) is 14.7 Å². The molecule has 2 amide bonds. The summed E-state index contributed by atoms with van der Waals surface area (Å²) in [5.74, 6) is 0.143. The Morgan fingerprint density at radius 2 is 1.92 bits per heavy atom. The number of nitrogens with one attached hydrogen (secondary N) is 1. The summed E-state index contributed by atoms with van der Waals surface area (Å²) in [7, 11) is 1.60. The zero-order valence-corrected chi connectivity index (χ0v) is 23.4. The Morgan fingerprint density at radius 1 is 1.15 bits per heavy atom. The van der Waals surface area contributed by atoms with E-state index >= 15 is 0 Å². The molecule has 3 aromatic heterocycles. The highest BCUT2D eigenvalue weighted by Crippen LogP contribution is 2.34. The van der Waals surface area contributed by atoms with Crippen molar-refractivity contribution in [2.75, 3.05) is 18.9 Å². The zero-order valence-electron chi connectivity index (χ0n) is 22.6. The summed E-state index contributed by atoms with van der Waals surface area (Å²) in [6.07, 6.45) is 3.64. The van der Waals surface area contributed by atoms with Crippen molar-refractivity contribution in [2.45, 2.75) is 52.2 Å². The molecule has 1 aromatic carbocycles. The van der Waals surface area contributed by atoms with Crippen LogP contribution in [0.3, 0.4) is 0 Å². The SMILES string of the molecule is CC(CN(C)C(=O)OC(C)(C)C)OC(=O)n1ccc2ncc(-c3ccc4nc(NC(=O)C5CC5)sc4c3)cc21. The highest BCUT2D eigenvalue weighted by molar-refractivity contribution is 7.22. The largest absolute Gasteiger partial charge is 0.444 e. The Labute approximate surface area is 229 Å². The molecule has 1 atom stereocenters. The van der Waals surface area contributed by atoms with Gasteiger partial charge in [-0.05, 0) is 70.4 Å². The van der Waals surface area contributed by atoms with Crippen molar-refractivity contribution in [1.82, 2.24) is 19.4 Å². The fraction of sp³-hybridized carbons (Fsp3) is 0.393. The van der Waals surface area contributed by atoms with Gasteiger partial charge in [0.2, 0.25) is 5.91 Å². The number of carbonyl (C=O) groups excluding carboxylic acids is 3. The summed E-state index contributed by atoms with van der Waals surface area (Å²) in [4.78, 5) is 47.8. The number of ether oxygens (including phenoxy) is 2. The number of carbonyl (C=O) groups is 3. The second kappa shape index (κ2) is 10.3. The molecule has 0 radical (unpaired) electrons. The van der Waals surface area contributed by atoms with E-state index in [1.54, 1.807) is 53.2 Å². The molecule has 3 heterocycles. The number of anilines is 1. The average Bonchev–Trinajstić information content (AvgIpc) is 3.51. The van der Waals surface area contributed by atoms with Gasteiger partial charge in [-0.2, -0.15) is 0 Å². The maximum absolute atomic E-state index is 13.0. The van der Waals surface area contributed by atoms with Crippen LogP contribution in [-0.2, 0) is 14.3 Å². The third-order valence-corrected chi connectivity index (χ3v) is 7.11. The Kier molecular flexibility index (Phi) is 7.02. The predicted octanol–water partition coefficient (Wildman–Crippen LogP) is 5.90. The van der Waals surface area contributed by atoms with Crippen molar-refractivity contribution in [3.05, 3.63) is 42.7 Å². The summed E-state index contributed by atoms with van der Waals surface area (Å²) >= 11 is 1.43. The maximum atomic E-state index is 13.0. The molecule has 11 heteroatoms. The number of nitrogens with zero attached hydrogens (tertiary/aromatic N) is 4. The van der Waals surface area contributed by atoms with Crippen LogP contribution in [0.5, 0.6) is 0 Å². The van der Waals surface area contributed by atoms with Crippen LogP contribution in [0, 0.1) is 5.92 Å². The van der Waals surface area contributed by atoms with E-state index in [9.17, 15) is 14.4 Å². The molecule has 0 aliphatic heterocycles. The molecule has 39 heavy (non-hydrogen) atoms. The minimum Gasteiger partial charge on any atom is -0.444 e. The van der Waals surface area contributed by atoms with Gasteiger partial charge >= 0.3 is 12.2 Å². The van der Waals surface area contributed by atoms with Gasteiger partial charge in [-0.1, -0.05) is 17.4 Å². The summed E-state index contributed by atoms with van der Waals surface area (Å²) in [6, 6.07) is 9.49. The number of likely N-dealkylation sites (N-methyl/N-ethyl adjacent to an activating group) is 1. The van der Waals surface area contributed by atoms with Gasteiger partial charge in [-0.15, -0.1) is 0 Å². The van der Waals surface area contributed by atoms with E-state index in [0.717, 1.165) is 34.2 Å². The van der Waals surface area contributed by atoms with Crippen LogP contribution in [0.2, 0.25) is 0 Å². The first-order chi connectivity index (χ1) is 18.5. The van der Waals surface area contributed by atoms with E-state index in [2.05, 4.69) is 15.3 Å². The van der Waals surface area contributed by atoms with E-state index in [1.165, 1.54) is 20.8 Å². The molecule has 0 saturated heterocycles. The van der Waals surface area contributed by atoms with Gasteiger partial charge in [0.1, 0.15) is 11.7 Å². The average molecular weight is 550 g/mol. The molecular weight excluding hydrogens is 518 g/mol. The van der Waals surface area contributed by atoms with Gasteiger partial charge in [-0.3, -0.25) is 14.3 Å². The van der Waals surface area contributed by atoms with Crippen LogP contribution in [0.1, 0.15) is 40.5 Å². The Morgan fingerprint density at radius 3 is 2.64 bits per heavy atom. The number of hydrogen-bond acceptors (Lipinski definition) is 8. The second-order valence-corrected chi connectivity index (χ2v) is 11.9. The number of hydrogen-bond donors (Lipinski definition) is 1. The lowest BCUT2D eigenvalue weighted by Crippen LogP contribution is -2.39. The topological polar surface area (TPSA) is 116 Å².